The Bertz CT molecular complexity index is 599. The van der Waals surface area contributed by atoms with Crippen molar-refractivity contribution in [1.82, 2.24) is 20.1 Å². The van der Waals surface area contributed by atoms with Crippen LogP contribution < -0.4 is 10.6 Å². The second-order valence-corrected chi connectivity index (χ2v) is 3.82. The fraction of sp³-hybridized carbons (Fsp3) is 0.400. The van der Waals surface area contributed by atoms with Gasteiger partial charge in [0.25, 0.3) is 0 Å². The molecular formula is C10H13N7O3. The van der Waals surface area contributed by atoms with Gasteiger partial charge in [0.15, 0.2) is 5.82 Å². The van der Waals surface area contributed by atoms with Gasteiger partial charge in [0.1, 0.15) is 5.69 Å². The van der Waals surface area contributed by atoms with E-state index in [9.17, 15) is 10.1 Å². The van der Waals surface area contributed by atoms with Gasteiger partial charge >= 0.3 is 5.69 Å². The molecule has 0 aromatic carbocycles. The van der Waals surface area contributed by atoms with E-state index >= 15 is 0 Å². The van der Waals surface area contributed by atoms with Crippen LogP contribution in [-0.2, 0) is 6.54 Å². The zero-order valence-electron chi connectivity index (χ0n) is 11.0. The maximum Gasteiger partial charge on any atom is 0.332 e. The lowest BCUT2D eigenvalue weighted by Gasteiger charge is -2.08. The average Bonchev–Trinajstić information content (AvgIpc) is 2.88. The molecule has 0 fully saturated rings. The molecule has 10 nitrogen and oxygen atoms in total. The van der Waals surface area contributed by atoms with Gasteiger partial charge in [0.2, 0.25) is 18.2 Å². The molecule has 0 spiro atoms. The van der Waals surface area contributed by atoms with E-state index in [4.69, 9.17) is 0 Å². The summed E-state index contributed by atoms with van der Waals surface area (Å²) in [4.78, 5) is 22.5. The maximum absolute atomic E-state index is 11.1. The molecule has 2 aromatic heterocycles. The summed E-state index contributed by atoms with van der Waals surface area (Å²) < 4.78 is 4.59. The van der Waals surface area contributed by atoms with Crippen LogP contribution >= 0.6 is 0 Å². The number of nitro groups is 1. The summed E-state index contributed by atoms with van der Waals surface area (Å²) in [6.07, 6.45) is 1.18. The summed E-state index contributed by atoms with van der Waals surface area (Å²) >= 11 is 0. The Morgan fingerprint density at radius 2 is 2.20 bits per heavy atom. The number of hydrogen-bond donors (Lipinski definition) is 2. The summed E-state index contributed by atoms with van der Waals surface area (Å²) in [7, 11) is 0. The molecule has 2 rings (SSSR count). The zero-order chi connectivity index (χ0) is 14.5. The summed E-state index contributed by atoms with van der Waals surface area (Å²) in [5.74, 6) is 0.815. The molecule has 0 radical (unpaired) electrons. The number of nitrogens with zero attached hydrogens (tertiary/aromatic N) is 5. The van der Waals surface area contributed by atoms with Crippen molar-refractivity contribution < 1.29 is 9.45 Å². The lowest BCUT2D eigenvalue weighted by molar-refractivity contribution is -0.385. The normalized spacial score (nSPS) is 10.3. The third kappa shape index (κ3) is 2.96. The number of aryl methyl sites for hydroxylation is 1. The maximum atomic E-state index is 11.1. The predicted molar refractivity (Wildman–Crippen MR) is 69.2 cm³/mol. The second-order valence-electron chi connectivity index (χ2n) is 3.82. The first-order chi connectivity index (χ1) is 9.61. The highest BCUT2D eigenvalue weighted by Gasteiger charge is 2.22. The van der Waals surface area contributed by atoms with E-state index in [-0.39, 0.29) is 23.7 Å². The first-order valence-corrected chi connectivity index (χ1v) is 5.87. The third-order valence-corrected chi connectivity index (χ3v) is 2.40. The lowest BCUT2D eigenvalue weighted by Crippen LogP contribution is -2.11. The van der Waals surface area contributed by atoms with Gasteiger partial charge < -0.3 is 15.2 Å². The number of aromatic nitrogens is 4. The van der Waals surface area contributed by atoms with Crippen molar-refractivity contribution in [2.75, 3.05) is 17.2 Å². The highest BCUT2D eigenvalue weighted by molar-refractivity contribution is 5.60. The molecule has 20 heavy (non-hydrogen) atoms. The Hall–Kier alpha value is -2.78. The standard InChI is InChI=1S/C10H13N7O3/c1-3-11-10-14-6(2)8(17(18)19)9(15-10)12-4-7-13-5-20-16-7/h5H,3-4H2,1-2H3,(H2,11,12,14,15). The molecule has 106 valence electrons. The van der Waals surface area contributed by atoms with Crippen LogP contribution in [0.25, 0.3) is 0 Å². The smallest absolute Gasteiger partial charge is 0.332 e. The summed E-state index contributed by atoms with van der Waals surface area (Å²) in [5, 5.41) is 20.4. The second kappa shape index (κ2) is 5.91. The first-order valence-electron chi connectivity index (χ1n) is 5.87. The van der Waals surface area contributed by atoms with Crippen LogP contribution in [0.5, 0.6) is 0 Å². The molecule has 0 unspecified atom stereocenters. The minimum absolute atomic E-state index is 0.114. The molecule has 2 aromatic rings. The average molecular weight is 279 g/mol. The van der Waals surface area contributed by atoms with Gasteiger partial charge in [-0.2, -0.15) is 9.97 Å². The Kier molecular flexibility index (Phi) is 4.03. The van der Waals surface area contributed by atoms with E-state index in [0.717, 1.165) is 0 Å². The molecule has 0 amide bonds. The third-order valence-electron chi connectivity index (χ3n) is 2.40. The molecule has 10 heteroatoms. The van der Waals surface area contributed by atoms with Gasteiger partial charge in [-0.25, -0.2) is 4.98 Å². The van der Waals surface area contributed by atoms with E-state index in [2.05, 4.69) is 35.3 Å². The van der Waals surface area contributed by atoms with E-state index in [1.165, 1.54) is 6.39 Å². The Balaban J connectivity index is 2.29. The fourth-order valence-electron chi connectivity index (χ4n) is 1.58. The van der Waals surface area contributed by atoms with Crippen molar-refractivity contribution in [3.63, 3.8) is 0 Å². The van der Waals surface area contributed by atoms with Gasteiger partial charge in [-0.05, 0) is 13.8 Å². The number of nitrogens with one attached hydrogen (secondary N) is 2. The highest BCUT2D eigenvalue weighted by Crippen LogP contribution is 2.26. The van der Waals surface area contributed by atoms with Crippen molar-refractivity contribution in [3.8, 4) is 0 Å². The minimum Gasteiger partial charge on any atom is -0.357 e. The number of anilines is 2. The van der Waals surface area contributed by atoms with E-state index in [0.29, 0.717) is 18.3 Å². The Morgan fingerprint density at radius 1 is 1.40 bits per heavy atom. The van der Waals surface area contributed by atoms with Crippen molar-refractivity contribution in [3.05, 3.63) is 28.0 Å². The molecule has 0 aliphatic carbocycles. The topological polar surface area (TPSA) is 132 Å². The number of hydrogen-bond acceptors (Lipinski definition) is 9. The molecule has 0 saturated carbocycles. The van der Waals surface area contributed by atoms with Crippen LogP contribution in [0.3, 0.4) is 0 Å². The Labute approximate surface area is 113 Å². The SMILES string of the molecule is CCNc1nc(C)c([N+](=O)[O-])c(NCc2ncon2)n1. The molecule has 0 atom stereocenters. The van der Waals surface area contributed by atoms with Gasteiger partial charge in [-0.1, -0.05) is 5.16 Å². The molecular weight excluding hydrogens is 266 g/mol. The van der Waals surface area contributed by atoms with E-state index < -0.39 is 4.92 Å². The van der Waals surface area contributed by atoms with Crippen LogP contribution in [0.2, 0.25) is 0 Å². The molecule has 0 bridgehead atoms. The highest BCUT2D eigenvalue weighted by atomic mass is 16.6. The quantitative estimate of drug-likeness (QED) is 0.589. The minimum atomic E-state index is -0.524. The van der Waals surface area contributed by atoms with E-state index in [1.54, 1.807) is 6.92 Å². The van der Waals surface area contributed by atoms with Crippen molar-refractivity contribution in [2.45, 2.75) is 20.4 Å². The van der Waals surface area contributed by atoms with E-state index in [1.807, 2.05) is 6.92 Å². The van der Waals surface area contributed by atoms with Crippen molar-refractivity contribution in [1.29, 1.82) is 0 Å². The Morgan fingerprint density at radius 3 is 2.80 bits per heavy atom. The fourth-order valence-corrected chi connectivity index (χ4v) is 1.58. The van der Waals surface area contributed by atoms with Gasteiger partial charge in [0, 0.05) is 6.54 Å². The molecule has 2 N–H and O–H groups in total. The van der Waals surface area contributed by atoms with Gasteiger partial charge in [-0.3, -0.25) is 10.1 Å². The monoisotopic (exact) mass is 279 g/mol. The van der Waals surface area contributed by atoms with Crippen LogP contribution in [0.1, 0.15) is 18.4 Å². The molecule has 2 heterocycles. The van der Waals surface area contributed by atoms with Crippen LogP contribution in [0.4, 0.5) is 17.5 Å². The molecule has 0 aliphatic rings. The molecule has 0 saturated heterocycles. The van der Waals surface area contributed by atoms with Crippen molar-refractivity contribution in [2.24, 2.45) is 0 Å². The molecule has 0 aliphatic heterocycles. The first kappa shape index (κ1) is 13.6. The number of rotatable bonds is 6. The van der Waals surface area contributed by atoms with Crippen LogP contribution in [-0.4, -0.2) is 31.6 Å². The van der Waals surface area contributed by atoms with Crippen molar-refractivity contribution >= 4 is 17.5 Å². The summed E-state index contributed by atoms with van der Waals surface area (Å²) in [5.41, 5.74) is 0.103. The van der Waals surface area contributed by atoms with Crippen LogP contribution in [0.15, 0.2) is 10.9 Å². The lowest BCUT2D eigenvalue weighted by atomic mass is 10.3. The van der Waals surface area contributed by atoms with Crippen LogP contribution in [0, 0.1) is 17.0 Å². The summed E-state index contributed by atoms with van der Waals surface area (Å²) in [6.45, 7) is 4.22. The van der Waals surface area contributed by atoms with Gasteiger partial charge in [-0.15, -0.1) is 0 Å². The zero-order valence-corrected chi connectivity index (χ0v) is 11.0. The van der Waals surface area contributed by atoms with Gasteiger partial charge in [0.05, 0.1) is 11.5 Å². The summed E-state index contributed by atoms with van der Waals surface area (Å²) in [6, 6.07) is 0. The largest absolute Gasteiger partial charge is 0.357 e. The predicted octanol–water partition coefficient (Wildman–Crippen LogP) is 1.12.